The minimum atomic E-state index is -5.72. The van der Waals surface area contributed by atoms with Crippen LogP contribution in [0.2, 0.25) is 0 Å². The molecule has 1 aliphatic rings. The van der Waals surface area contributed by atoms with Crippen LogP contribution in [-0.4, -0.2) is 29.3 Å². The van der Waals surface area contributed by atoms with Gasteiger partial charge in [-0.05, 0) is 6.08 Å². The average molecular weight is 230 g/mol. The van der Waals surface area contributed by atoms with Crippen molar-refractivity contribution >= 4 is 6.21 Å². The Labute approximate surface area is 81.3 Å². The molecular weight excluding hydrogens is 223 g/mol. The Bertz CT molecular complexity index is 318. The normalized spacial score (nSPS) is 27.3. The van der Waals surface area contributed by atoms with E-state index in [1.165, 1.54) is 0 Å². The number of hydrogen-bond donors (Lipinski definition) is 2. The van der Waals surface area contributed by atoms with Crippen molar-refractivity contribution in [1.29, 1.82) is 0 Å². The maximum atomic E-state index is 12.7. The highest BCUT2D eigenvalue weighted by atomic mass is 19.4. The van der Waals surface area contributed by atoms with Crippen LogP contribution in [0.5, 0.6) is 0 Å². The van der Waals surface area contributed by atoms with Crippen LogP contribution >= 0.6 is 0 Å². The van der Waals surface area contributed by atoms with E-state index in [4.69, 9.17) is 5.11 Å². The van der Waals surface area contributed by atoms with Gasteiger partial charge in [-0.2, -0.15) is 22.0 Å². The summed E-state index contributed by atoms with van der Waals surface area (Å²) in [5.74, 6) is -7.19. The Hall–Kier alpha value is -1.18. The second kappa shape index (κ2) is 3.16. The average Bonchev–Trinajstić information content (AvgIpc) is 2.00. The van der Waals surface area contributed by atoms with E-state index in [9.17, 15) is 22.0 Å². The van der Waals surface area contributed by atoms with E-state index >= 15 is 0 Å². The maximum absolute atomic E-state index is 12.7. The standard InChI is InChI=1S/C7H7F5N2O/c1-5(15)13-3-2-4(14-5)6(8,9)7(10,11)12/h2-3,14-15H,1H3. The summed E-state index contributed by atoms with van der Waals surface area (Å²) in [6, 6.07) is 0. The summed E-state index contributed by atoms with van der Waals surface area (Å²) in [7, 11) is 0. The number of nitrogens with zero attached hydrogens (tertiary/aromatic N) is 1. The molecule has 1 atom stereocenters. The first-order valence-electron chi connectivity index (χ1n) is 3.77. The summed E-state index contributed by atoms with van der Waals surface area (Å²) in [5, 5.41) is 10.7. The molecule has 0 aliphatic carbocycles. The molecule has 3 nitrogen and oxygen atoms in total. The van der Waals surface area contributed by atoms with E-state index in [0.29, 0.717) is 12.3 Å². The first-order valence-corrected chi connectivity index (χ1v) is 3.77. The lowest BCUT2D eigenvalue weighted by molar-refractivity contribution is -0.267. The lowest BCUT2D eigenvalue weighted by Gasteiger charge is -2.30. The largest absolute Gasteiger partial charge is 0.459 e. The molecule has 0 bridgehead atoms. The second-order valence-corrected chi connectivity index (χ2v) is 3.08. The zero-order valence-corrected chi connectivity index (χ0v) is 7.44. The molecular formula is C7H7F5N2O. The number of nitrogens with one attached hydrogen (secondary N) is 1. The zero-order valence-electron chi connectivity index (χ0n) is 7.44. The van der Waals surface area contributed by atoms with Crippen LogP contribution in [0, 0.1) is 0 Å². The Morgan fingerprint density at radius 2 is 1.87 bits per heavy atom. The number of rotatable bonds is 1. The first kappa shape index (κ1) is 11.9. The summed E-state index contributed by atoms with van der Waals surface area (Å²) in [4.78, 5) is 3.25. The molecule has 0 radical (unpaired) electrons. The highest BCUT2D eigenvalue weighted by Gasteiger charge is 2.61. The summed E-state index contributed by atoms with van der Waals surface area (Å²) < 4.78 is 61.2. The van der Waals surface area contributed by atoms with Crippen molar-refractivity contribution in [3.8, 4) is 0 Å². The molecule has 1 heterocycles. The lowest BCUT2D eigenvalue weighted by atomic mass is 10.2. The van der Waals surface area contributed by atoms with E-state index < -0.39 is 23.6 Å². The molecule has 1 aliphatic heterocycles. The molecule has 0 aromatic heterocycles. The predicted molar refractivity (Wildman–Crippen MR) is 41.3 cm³/mol. The van der Waals surface area contributed by atoms with Crippen molar-refractivity contribution in [2.45, 2.75) is 24.9 Å². The van der Waals surface area contributed by atoms with Gasteiger partial charge >= 0.3 is 12.1 Å². The topological polar surface area (TPSA) is 44.6 Å². The molecule has 86 valence electrons. The number of halogens is 5. The van der Waals surface area contributed by atoms with E-state index in [-0.39, 0.29) is 0 Å². The Balaban J connectivity index is 3.01. The lowest BCUT2D eigenvalue weighted by Crippen LogP contribution is -2.51. The van der Waals surface area contributed by atoms with E-state index in [1.54, 1.807) is 5.32 Å². The van der Waals surface area contributed by atoms with Gasteiger partial charge in [0.15, 0.2) is 0 Å². The molecule has 1 unspecified atom stereocenters. The van der Waals surface area contributed by atoms with Crippen molar-refractivity contribution in [2.24, 2.45) is 4.99 Å². The monoisotopic (exact) mass is 230 g/mol. The molecule has 1 rings (SSSR count). The van der Waals surface area contributed by atoms with Crippen molar-refractivity contribution < 1.29 is 27.1 Å². The Morgan fingerprint density at radius 3 is 2.27 bits per heavy atom. The van der Waals surface area contributed by atoms with Gasteiger partial charge in [0.2, 0.25) is 5.85 Å². The van der Waals surface area contributed by atoms with E-state index in [1.807, 2.05) is 0 Å². The van der Waals surface area contributed by atoms with Crippen molar-refractivity contribution in [3.63, 3.8) is 0 Å². The molecule has 0 saturated heterocycles. The minimum Gasteiger partial charge on any atom is -0.353 e. The highest BCUT2D eigenvalue weighted by Crippen LogP contribution is 2.40. The van der Waals surface area contributed by atoms with Crippen LogP contribution in [0.4, 0.5) is 22.0 Å². The molecule has 0 amide bonds. The summed E-state index contributed by atoms with van der Waals surface area (Å²) in [6.07, 6.45) is -4.57. The molecule has 0 fully saturated rings. The quantitative estimate of drug-likeness (QED) is 0.669. The zero-order chi connectivity index (χ0) is 11.9. The molecule has 0 spiro atoms. The fourth-order valence-electron chi connectivity index (χ4n) is 0.922. The van der Waals surface area contributed by atoms with Gasteiger partial charge in [0.05, 0.1) is 5.70 Å². The smallest absolute Gasteiger partial charge is 0.353 e. The van der Waals surface area contributed by atoms with Gasteiger partial charge in [0.1, 0.15) is 0 Å². The van der Waals surface area contributed by atoms with E-state index in [2.05, 4.69) is 4.99 Å². The van der Waals surface area contributed by atoms with Crippen molar-refractivity contribution in [2.75, 3.05) is 0 Å². The van der Waals surface area contributed by atoms with Crippen LogP contribution in [-0.2, 0) is 0 Å². The second-order valence-electron chi connectivity index (χ2n) is 3.08. The predicted octanol–water partition coefficient (Wildman–Crippen LogP) is 1.41. The summed E-state index contributed by atoms with van der Waals surface area (Å²) in [5.41, 5.74) is -1.44. The van der Waals surface area contributed by atoms with Crippen LogP contribution < -0.4 is 5.32 Å². The summed E-state index contributed by atoms with van der Waals surface area (Å²) in [6.45, 7) is 0.947. The van der Waals surface area contributed by atoms with Gasteiger partial charge in [-0.1, -0.05) is 0 Å². The van der Waals surface area contributed by atoms with E-state index in [0.717, 1.165) is 6.92 Å². The third kappa shape index (κ3) is 2.25. The number of aliphatic imine (C=N–C) groups is 1. The van der Waals surface area contributed by atoms with Crippen LogP contribution in [0.25, 0.3) is 0 Å². The van der Waals surface area contributed by atoms with Gasteiger partial charge in [0.25, 0.3) is 0 Å². The third-order valence-electron chi connectivity index (χ3n) is 1.63. The van der Waals surface area contributed by atoms with Crippen molar-refractivity contribution in [3.05, 3.63) is 11.8 Å². The van der Waals surface area contributed by atoms with Crippen LogP contribution in [0.15, 0.2) is 16.8 Å². The molecule has 0 aromatic rings. The minimum absolute atomic E-state index is 0.464. The molecule has 8 heteroatoms. The number of alkyl halides is 5. The van der Waals surface area contributed by atoms with Gasteiger partial charge in [-0.25, -0.2) is 4.99 Å². The summed E-state index contributed by atoms with van der Waals surface area (Å²) >= 11 is 0. The Morgan fingerprint density at radius 1 is 1.33 bits per heavy atom. The van der Waals surface area contributed by atoms with Gasteiger partial charge in [0, 0.05) is 13.1 Å². The fourth-order valence-corrected chi connectivity index (χ4v) is 0.922. The maximum Gasteiger partial charge on any atom is 0.459 e. The van der Waals surface area contributed by atoms with Crippen LogP contribution in [0.1, 0.15) is 6.92 Å². The molecule has 0 saturated carbocycles. The molecule has 0 aromatic carbocycles. The third-order valence-corrected chi connectivity index (χ3v) is 1.63. The van der Waals surface area contributed by atoms with Gasteiger partial charge < -0.3 is 10.4 Å². The Kier molecular flexibility index (Phi) is 2.50. The number of aliphatic hydroxyl groups is 1. The van der Waals surface area contributed by atoms with Crippen molar-refractivity contribution in [1.82, 2.24) is 5.32 Å². The van der Waals surface area contributed by atoms with Gasteiger partial charge in [-0.3, -0.25) is 0 Å². The number of hydrogen-bond acceptors (Lipinski definition) is 3. The number of allylic oxidation sites excluding steroid dienone is 2. The first-order chi connectivity index (χ1) is 6.56. The fraction of sp³-hybridized carbons (Fsp3) is 0.571. The SMILES string of the molecule is CC1(O)N=CC=C(C(F)(F)C(F)(F)F)N1. The van der Waals surface area contributed by atoms with Crippen LogP contribution in [0.3, 0.4) is 0 Å². The molecule has 15 heavy (non-hydrogen) atoms. The molecule has 2 N–H and O–H groups in total. The van der Waals surface area contributed by atoms with Gasteiger partial charge in [-0.15, -0.1) is 0 Å². The highest BCUT2D eigenvalue weighted by molar-refractivity contribution is 5.74.